The molecule has 1 rings (SSSR count). The van der Waals surface area contributed by atoms with Crippen LogP contribution in [0.4, 0.5) is 0 Å². The average molecular weight is 204 g/mol. The Kier molecular flexibility index (Phi) is 3.57. The molecule has 1 heteroatoms. The van der Waals surface area contributed by atoms with Gasteiger partial charge in [-0.05, 0) is 29.0 Å². The fourth-order valence-corrected chi connectivity index (χ4v) is 1.65. The van der Waals surface area contributed by atoms with E-state index in [1.165, 1.54) is 11.1 Å². The molecule has 0 fully saturated rings. The Morgan fingerprint density at radius 3 is 2.47 bits per heavy atom. The monoisotopic (exact) mass is 204 g/mol. The topological polar surface area (TPSA) is 9.23 Å². The van der Waals surface area contributed by atoms with Crippen LogP contribution in [0.15, 0.2) is 30.9 Å². The van der Waals surface area contributed by atoms with Gasteiger partial charge >= 0.3 is 0 Å². The summed E-state index contributed by atoms with van der Waals surface area (Å²) in [5, 5.41) is 0. The summed E-state index contributed by atoms with van der Waals surface area (Å²) in [7, 11) is 1.72. The van der Waals surface area contributed by atoms with Crippen molar-refractivity contribution in [2.45, 2.75) is 32.6 Å². The summed E-state index contributed by atoms with van der Waals surface area (Å²) in [5.74, 6) is 0.974. The normalized spacial score (nSPS) is 11.2. The van der Waals surface area contributed by atoms with E-state index in [1.807, 2.05) is 6.08 Å². The summed E-state index contributed by atoms with van der Waals surface area (Å²) >= 11 is 0. The van der Waals surface area contributed by atoms with Gasteiger partial charge in [-0.3, -0.25) is 0 Å². The maximum absolute atomic E-state index is 5.42. The molecule has 1 aromatic carbocycles. The smallest absolute Gasteiger partial charge is 0.122 e. The highest BCUT2D eigenvalue weighted by Crippen LogP contribution is 2.31. The lowest BCUT2D eigenvalue weighted by molar-refractivity contribution is 0.397. The van der Waals surface area contributed by atoms with Crippen molar-refractivity contribution >= 4 is 0 Å². The van der Waals surface area contributed by atoms with Crippen LogP contribution in [0.5, 0.6) is 5.75 Å². The van der Waals surface area contributed by atoms with Gasteiger partial charge < -0.3 is 4.74 Å². The van der Waals surface area contributed by atoms with E-state index in [1.54, 1.807) is 7.11 Å². The number of methoxy groups -OCH3 is 1. The predicted octanol–water partition coefficient (Wildman–Crippen LogP) is 3.72. The molecule has 1 nitrogen and oxygen atoms in total. The highest BCUT2D eigenvalue weighted by molar-refractivity contribution is 5.42. The predicted molar refractivity (Wildman–Crippen MR) is 65.6 cm³/mol. The lowest BCUT2D eigenvalue weighted by atomic mass is 9.85. The number of ether oxygens (including phenoxy) is 1. The minimum Gasteiger partial charge on any atom is -0.496 e. The van der Waals surface area contributed by atoms with Gasteiger partial charge in [0.05, 0.1) is 7.11 Å². The molecule has 15 heavy (non-hydrogen) atoms. The summed E-state index contributed by atoms with van der Waals surface area (Å²) < 4.78 is 5.42. The zero-order valence-electron chi connectivity index (χ0n) is 10.1. The van der Waals surface area contributed by atoms with E-state index >= 15 is 0 Å². The first-order chi connectivity index (χ1) is 6.99. The van der Waals surface area contributed by atoms with Crippen molar-refractivity contribution in [2.24, 2.45) is 0 Å². The van der Waals surface area contributed by atoms with Crippen molar-refractivity contribution in [3.63, 3.8) is 0 Å². The zero-order valence-corrected chi connectivity index (χ0v) is 10.1. The second kappa shape index (κ2) is 4.52. The van der Waals surface area contributed by atoms with Gasteiger partial charge in [0.25, 0.3) is 0 Å². The van der Waals surface area contributed by atoms with Crippen LogP contribution in [0.3, 0.4) is 0 Å². The molecule has 0 amide bonds. The molecule has 0 aliphatic heterocycles. The van der Waals surface area contributed by atoms with Gasteiger partial charge in [-0.15, -0.1) is 6.58 Å². The Morgan fingerprint density at radius 2 is 2.00 bits per heavy atom. The van der Waals surface area contributed by atoms with Crippen LogP contribution in [0.25, 0.3) is 0 Å². The summed E-state index contributed by atoms with van der Waals surface area (Å²) in [6, 6.07) is 6.39. The Hall–Kier alpha value is -1.24. The lowest BCUT2D eigenvalue weighted by Crippen LogP contribution is -2.12. The SMILES string of the molecule is C=CCc1ccc(C(C)(C)C)c(OC)c1. The number of hydrogen-bond acceptors (Lipinski definition) is 1. The highest BCUT2D eigenvalue weighted by atomic mass is 16.5. The van der Waals surface area contributed by atoms with E-state index in [0.29, 0.717) is 0 Å². The summed E-state index contributed by atoms with van der Waals surface area (Å²) in [5.41, 5.74) is 2.62. The zero-order chi connectivity index (χ0) is 11.5. The van der Waals surface area contributed by atoms with Gasteiger partial charge in [-0.25, -0.2) is 0 Å². The number of allylic oxidation sites excluding steroid dienone is 1. The van der Waals surface area contributed by atoms with Crippen LogP contribution >= 0.6 is 0 Å². The molecule has 0 saturated heterocycles. The van der Waals surface area contributed by atoms with Crippen LogP contribution < -0.4 is 4.74 Å². The third-order valence-corrected chi connectivity index (χ3v) is 2.45. The van der Waals surface area contributed by atoms with Gasteiger partial charge in [0.2, 0.25) is 0 Å². The van der Waals surface area contributed by atoms with E-state index in [-0.39, 0.29) is 5.41 Å². The van der Waals surface area contributed by atoms with Gasteiger partial charge in [0, 0.05) is 0 Å². The Labute approximate surface area is 92.8 Å². The minimum atomic E-state index is 0.123. The van der Waals surface area contributed by atoms with Crippen molar-refractivity contribution in [2.75, 3.05) is 7.11 Å². The van der Waals surface area contributed by atoms with Crippen LogP contribution in [-0.4, -0.2) is 7.11 Å². The van der Waals surface area contributed by atoms with Crippen molar-refractivity contribution in [3.8, 4) is 5.75 Å². The molecule has 0 aliphatic carbocycles. The Bertz CT molecular complexity index is 345. The molecule has 1 aromatic rings. The van der Waals surface area contributed by atoms with E-state index in [2.05, 4.69) is 45.5 Å². The van der Waals surface area contributed by atoms with Crippen molar-refractivity contribution in [1.29, 1.82) is 0 Å². The highest BCUT2D eigenvalue weighted by Gasteiger charge is 2.18. The molecule has 0 unspecified atom stereocenters. The number of rotatable bonds is 3. The van der Waals surface area contributed by atoms with Gasteiger partial charge in [-0.2, -0.15) is 0 Å². The molecule has 0 aliphatic rings. The maximum Gasteiger partial charge on any atom is 0.122 e. The largest absolute Gasteiger partial charge is 0.496 e. The second-order valence-electron chi connectivity index (χ2n) is 4.78. The molecule has 0 aromatic heterocycles. The standard InChI is InChI=1S/C14H20O/c1-6-7-11-8-9-12(14(2,3)4)13(10-11)15-5/h6,8-10H,1,7H2,2-5H3. The minimum absolute atomic E-state index is 0.123. The van der Waals surface area contributed by atoms with Crippen LogP contribution in [0, 0.1) is 0 Å². The quantitative estimate of drug-likeness (QED) is 0.682. The van der Waals surface area contributed by atoms with Crippen LogP contribution in [-0.2, 0) is 11.8 Å². The maximum atomic E-state index is 5.42. The van der Waals surface area contributed by atoms with E-state index in [9.17, 15) is 0 Å². The van der Waals surface area contributed by atoms with Crippen LogP contribution in [0.1, 0.15) is 31.9 Å². The number of benzene rings is 1. The van der Waals surface area contributed by atoms with Gasteiger partial charge in [-0.1, -0.05) is 39.0 Å². The molecule has 0 radical (unpaired) electrons. The Balaban J connectivity index is 3.15. The summed E-state index contributed by atoms with van der Waals surface area (Å²) in [4.78, 5) is 0. The van der Waals surface area contributed by atoms with E-state index in [0.717, 1.165) is 12.2 Å². The molecule has 0 N–H and O–H groups in total. The number of hydrogen-bond donors (Lipinski definition) is 0. The van der Waals surface area contributed by atoms with Crippen molar-refractivity contribution in [1.82, 2.24) is 0 Å². The molecular weight excluding hydrogens is 184 g/mol. The van der Waals surface area contributed by atoms with Gasteiger partial charge in [0.15, 0.2) is 0 Å². The molecular formula is C14H20O. The van der Waals surface area contributed by atoms with Crippen molar-refractivity contribution in [3.05, 3.63) is 42.0 Å². The second-order valence-corrected chi connectivity index (χ2v) is 4.78. The first-order valence-corrected chi connectivity index (χ1v) is 5.27. The van der Waals surface area contributed by atoms with Crippen molar-refractivity contribution < 1.29 is 4.74 Å². The van der Waals surface area contributed by atoms with Crippen LogP contribution in [0.2, 0.25) is 0 Å². The first-order valence-electron chi connectivity index (χ1n) is 5.27. The molecule has 82 valence electrons. The fourth-order valence-electron chi connectivity index (χ4n) is 1.65. The van der Waals surface area contributed by atoms with Gasteiger partial charge in [0.1, 0.15) is 5.75 Å². The lowest BCUT2D eigenvalue weighted by Gasteiger charge is -2.22. The van der Waals surface area contributed by atoms with E-state index < -0.39 is 0 Å². The third-order valence-electron chi connectivity index (χ3n) is 2.45. The molecule has 0 saturated carbocycles. The summed E-state index contributed by atoms with van der Waals surface area (Å²) in [6.07, 6.45) is 2.80. The Morgan fingerprint density at radius 1 is 1.33 bits per heavy atom. The fraction of sp³-hybridized carbons (Fsp3) is 0.429. The molecule has 0 bridgehead atoms. The van der Waals surface area contributed by atoms with E-state index in [4.69, 9.17) is 4.74 Å². The average Bonchev–Trinajstić information content (AvgIpc) is 2.16. The molecule has 0 heterocycles. The molecule has 0 atom stereocenters. The summed E-state index contributed by atoms with van der Waals surface area (Å²) in [6.45, 7) is 10.3. The molecule has 0 spiro atoms. The first kappa shape index (κ1) is 11.8. The third kappa shape index (κ3) is 2.85.